The molecule has 0 unspecified atom stereocenters. The lowest BCUT2D eigenvalue weighted by molar-refractivity contribution is 0.569. The first kappa shape index (κ1) is 18.1. The Labute approximate surface area is 173 Å². The van der Waals surface area contributed by atoms with Crippen LogP contribution in [0.15, 0.2) is 68.4 Å². The molecule has 29 heavy (non-hydrogen) atoms. The number of aromatic nitrogens is 4. The van der Waals surface area contributed by atoms with Crippen molar-refractivity contribution in [2.75, 3.05) is 11.9 Å². The molecule has 0 bridgehead atoms. The molecule has 5 aromatic rings. The van der Waals surface area contributed by atoms with Gasteiger partial charge in [0.25, 0.3) is 0 Å². The summed E-state index contributed by atoms with van der Waals surface area (Å²) in [5.41, 5.74) is 0.845. The fourth-order valence-electron chi connectivity index (χ4n) is 3.00. The topological polar surface area (TPSA) is 93.6 Å². The van der Waals surface area contributed by atoms with Crippen LogP contribution in [0.3, 0.4) is 0 Å². The summed E-state index contributed by atoms with van der Waals surface area (Å²) in [7, 11) is -2.14. The molecule has 146 valence electrons. The SMILES string of the molecule is CN(c1ccco1)c1nc2c(S(=O)(=O)c3ccc(Cl)cc3)nnn2c2ccsc12. The van der Waals surface area contributed by atoms with Crippen LogP contribution >= 0.6 is 22.9 Å². The number of halogens is 1. The van der Waals surface area contributed by atoms with E-state index in [-0.39, 0.29) is 15.6 Å². The first-order chi connectivity index (χ1) is 14.0. The minimum absolute atomic E-state index is 0.0671. The number of hydrogen-bond acceptors (Lipinski definition) is 8. The van der Waals surface area contributed by atoms with Gasteiger partial charge in [0.1, 0.15) is 0 Å². The summed E-state index contributed by atoms with van der Waals surface area (Å²) >= 11 is 7.36. The van der Waals surface area contributed by atoms with E-state index >= 15 is 0 Å². The Hall–Kier alpha value is -2.95. The number of furan rings is 1. The third-order valence-electron chi connectivity index (χ3n) is 4.44. The van der Waals surface area contributed by atoms with Crippen LogP contribution in [0.2, 0.25) is 5.02 Å². The normalized spacial score (nSPS) is 12.1. The standard InChI is InChI=1S/C18H12ClN5O3S2/c1-23(14-3-2-9-27-14)16-15-13(8-10-28-15)24-17(20-16)18(21-22-24)29(25,26)12-6-4-11(19)5-7-12/h2-10H,1H3. The van der Waals surface area contributed by atoms with E-state index in [1.165, 1.54) is 40.1 Å². The van der Waals surface area contributed by atoms with Crippen LogP contribution in [0.1, 0.15) is 0 Å². The van der Waals surface area contributed by atoms with Crippen LogP contribution in [0.5, 0.6) is 0 Å². The van der Waals surface area contributed by atoms with E-state index in [9.17, 15) is 8.42 Å². The van der Waals surface area contributed by atoms with Crippen molar-refractivity contribution in [2.45, 2.75) is 9.92 Å². The van der Waals surface area contributed by atoms with E-state index in [1.807, 2.05) is 11.4 Å². The van der Waals surface area contributed by atoms with E-state index in [1.54, 1.807) is 30.3 Å². The summed E-state index contributed by atoms with van der Waals surface area (Å²) < 4.78 is 34.1. The van der Waals surface area contributed by atoms with Gasteiger partial charge in [-0.15, -0.1) is 16.4 Å². The molecule has 0 atom stereocenters. The highest BCUT2D eigenvalue weighted by Gasteiger charge is 2.28. The van der Waals surface area contributed by atoms with Crippen LogP contribution in [-0.4, -0.2) is 35.3 Å². The largest absolute Gasteiger partial charge is 0.448 e. The number of sulfone groups is 1. The van der Waals surface area contributed by atoms with Crippen LogP contribution in [0, 0.1) is 0 Å². The first-order valence-corrected chi connectivity index (χ1v) is 11.1. The van der Waals surface area contributed by atoms with Gasteiger partial charge in [-0.2, -0.15) is 4.52 Å². The number of thiophene rings is 1. The molecule has 0 fully saturated rings. The Morgan fingerprint density at radius 1 is 1.17 bits per heavy atom. The molecule has 0 aliphatic rings. The highest BCUT2D eigenvalue weighted by molar-refractivity contribution is 7.91. The molecule has 0 amide bonds. The highest BCUT2D eigenvalue weighted by Crippen LogP contribution is 2.35. The van der Waals surface area contributed by atoms with E-state index in [4.69, 9.17) is 16.0 Å². The molecule has 11 heteroatoms. The first-order valence-electron chi connectivity index (χ1n) is 8.37. The monoisotopic (exact) mass is 445 g/mol. The second-order valence-corrected chi connectivity index (χ2v) is 9.39. The van der Waals surface area contributed by atoms with Gasteiger partial charge in [-0.05, 0) is 41.8 Å². The minimum Gasteiger partial charge on any atom is -0.448 e. The Bertz CT molecular complexity index is 1440. The van der Waals surface area contributed by atoms with Crippen molar-refractivity contribution < 1.29 is 12.8 Å². The van der Waals surface area contributed by atoms with Crippen molar-refractivity contribution in [3.63, 3.8) is 0 Å². The fraction of sp³-hybridized carbons (Fsp3) is 0.0556. The molecule has 0 aliphatic carbocycles. The Morgan fingerprint density at radius 2 is 1.97 bits per heavy atom. The molecule has 1 aromatic carbocycles. The Morgan fingerprint density at radius 3 is 2.69 bits per heavy atom. The lowest BCUT2D eigenvalue weighted by atomic mass is 10.4. The Kier molecular flexibility index (Phi) is 4.09. The van der Waals surface area contributed by atoms with E-state index in [2.05, 4.69) is 15.3 Å². The molecule has 0 aliphatic heterocycles. The van der Waals surface area contributed by atoms with Crippen molar-refractivity contribution in [1.82, 2.24) is 19.8 Å². The lowest BCUT2D eigenvalue weighted by Gasteiger charge is -2.16. The van der Waals surface area contributed by atoms with Crippen molar-refractivity contribution >= 4 is 60.3 Å². The number of anilines is 2. The van der Waals surface area contributed by atoms with Crippen molar-refractivity contribution in [3.8, 4) is 0 Å². The van der Waals surface area contributed by atoms with Crippen molar-refractivity contribution in [1.29, 1.82) is 0 Å². The molecule has 4 aromatic heterocycles. The zero-order valence-electron chi connectivity index (χ0n) is 14.9. The summed E-state index contributed by atoms with van der Waals surface area (Å²) in [6.45, 7) is 0. The zero-order valence-corrected chi connectivity index (χ0v) is 17.2. The minimum atomic E-state index is -3.94. The van der Waals surface area contributed by atoms with E-state index in [0.29, 0.717) is 22.2 Å². The second kappa shape index (κ2) is 6.55. The molecule has 0 N–H and O–H groups in total. The van der Waals surface area contributed by atoms with Gasteiger partial charge in [-0.1, -0.05) is 16.8 Å². The van der Waals surface area contributed by atoms with Crippen LogP contribution in [-0.2, 0) is 9.84 Å². The van der Waals surface area contributed by atoms with Gasteiger partial charge in [-0.25, -0.2) is 13.4 Å². The van der Waals surface area contributed by atoms with Crippen LogP contribution in [0.4, 0.5) is 11.7 Å². The van der Waals surface area contributed by atoms with Gasteiger partial charge >= 0.3 is 0 Å². The highest BCUT2D eigenvalue weighted by atomic mass is 35.5. The molecule has 0 saturated heterocycles. The average molecular weight is 446 g/mol. The molecule has 0 radical (unpaired) electrons. The van der Waals surface area contributed by atoms with Crippen LogP contribution < -0.4 is 4.90 Å². The average Bonchev–Trinajstić information content (AvgIpc) is 3.46. The zero-order chi connectivity index (χ0) is 20.2. The smallest absolute Gasteiger partial charge is 0.229 e. The van der Waals surface area contributed by atoms with E-state index < -0.39 is 9.84 Å². The fourth-order valence-corrected chi connectivity index (χ4v) is 5.26. The second-order valence-electron chi connectivity index (χ2n) is 6.17. The number of nitrogens with zero attached hydrogens (tertiary/aromatic N) is 5. The van der Waals surface area contributed by atoms with E-state index in [0.717, 1.165) is 4.70 Å². The number of fused-ring (bicyclic) bond motifs is 3. The molecule has 0 saturated carbocycles. The summed E-state index contributed by atoms with van der Waals surface area (Å²) in [5.74, 6) is 1.12. The number of benzene rings is 1. The summed E-state index contributed by atoms with van der Waals surface area (Å²) in [5, 5.41) is 10.1. The van der Waals surface area contributed by atoms with Gasteiger partial charge in [0.05, 0.1) is 21.4 Å². The van der Waals surface area contributed by atoms with Gasteiger partial charge in [0.15, 0.2) is 11.5 Å². The molecular formula is C18H12ClN5O3S2. The maximum atomic E-state index is 13.2. The summed E-state index contributed by atoms with van der Waals surface area (Å²) in [6, 6.07) is 11.3. The number of rotatable bonds is 4. The summed E-state index contributed by atoms with van der Waals surface area (Å²) in [6.07, 6.45) is 1.56. The van der Waals surface area contributed by atoms with Crippen molar-refractivity contribution in [3.05, 3.63) is 59.1 Å². The third-order valence-corrected chi connectivity index (χ3v) is 7.25. The van der Waals surface area contributed by atoms with Gasteiger partial charge in [-0.3, -0.25) is 4.90 Å². The van der Waals surface area contributed by atoms with Gasteiger partial charge < -0.3 is 4.42 Å². The van der Waals surface area contributed by atoms with Gasteiger partial charge in [0.2, 0.25) is 20.7 Å². The predicted octanol–water partition coefficient (Wildman–Crippen LogP) is 4.19. The maximum absolute atomic E-state index is 13.2. The van der Waals surface area contributed by atoms with Crippen LogP contribution in [0.25, 0.3) is 15.9 Å². The molecule has 5 rings (SSSR count). The summed E-state index contributed by atoms with van der Waals surface area (Å²) in [4.78, 5) is 6.43. The quantitative estimate of drug-likeness (QED) is 0.409. The Balaban J connectivity index is 1.77. The molecule has 4 heterocycles. The molecular weight excluding hydrogens is 434 g/mol. The van der Waals surface area contributed by atoms with Crippen molar-refractivity contribution in [2.24, 2.45) is 0 Å². The molecule has 0 spiro atoms. The third kappa shape index (κ3) is 2.79. The maximum Gasteiger partial charge on any atom is 0.229 e. The predicted molar refractivity (Wildman–Crippen MR) is 110 cm³/mol. The number of hydrogen-bond donors (Lipinski definition) is 0. The lowest BCUT2D eigenvalue weighted by Crippen LogP contribution is -2.12. The van der Waals surface area contributed by atoms with Gasteiger partial charge in [0, 0.05) is 18.1 Å². The molecule has 8 nitrogen and oxygen atoms in total.